The summed E-state index contributed by atoms with van der Waals surface area (Å²) < 4.78 is 22.3. The molecule has 1 unspecified atom stereocenters. The van der Waals surface area contributed by atoms with Crippen molar-refractivity contribution in [2.75, 3.05) is 6.54 Å². The summed E-state index contributed by atoms with van der Waals surface area (Å²) in [7, 11) is 0. The maximum atomic E-state index is 14.5. The lowest BCUT2D eigenvalue weighted by Gasteiger charge is -2.51. The van der Waals surface area contributed by atoms with Gasteiger partial charge in [-0.15, -0.1) is 0 Å². The molecule has 1 fully saturated rings. The number of rotatable bonds is 3. The first-order chi connectivity index (χ1) is 13.6. The first kappa shape index (κ1) is 21.2. The van der Waals surface area contributed by atoms with Crippen LogP contribution < -0.4 is 0 Å². The Morgan fingerprint density at radius 1 is 1.41 bits per heavy atom. The molecule has 1 N–H and O–H groups in total. The number of carbonyl (C=O) groups is 1. The molecule has 8 heteroatoms. The average molecular weight is 420 g/mol. The Bertz CT molecular complexity index is 910. The van der Waals surface area contributed by atoms with Crippen LogP contribution in [0.25, 0.3) is 0 Å². The zero-order valence-corrected chi connectivity index (χ0v) is 17.9. The van der Waals surface area contributed by atoms with Crippen molar-refractivity contribution in [2.24, 2.45) is 5.41 Å². The molecule has 2 aromatic rings. The van der Waals surface area contributed by atoms with E-state index in [0.29, 0.717) is 30.5 Å². The molecular weight excluding hydrogens is 393 g/mol. The second-order valence-electron chi connectivity index (χ2n) is 8.45. The fourth-order valence-electron chi connectivity index (χ4n) is 4.30. The van der Waals surface area contributed by atoms with Crippen LogP contribution >= 0.6 is 12.2 Å². The summed E-state index contributed by atoms with van der Waals surface area (Å²) in [6.45, 7) is 8.02. The summed E-state index contributed by atoms with van der Waals surface area (Å²) >= 11 is 5.46. The molecule has 29 heavy (non-hydrogen) atoms. The molecule has 0 saturated carbocycles. The Morgan fingerprint density at radius 3 is 2.69 bits per heavy atom. The number of hydrogen-bond acceptors (Lipinski definition) is 4. The SMILES string of the molecule is Cc1ccc(C(OC(=S)n2ccnc2)[C@@]2(C(C)(C)C)CCCN2C(=O)O)cc1F. The number of aromatic nitrogens is 2. The fourth-order valence-corrected chi connectivity index (χ4v) is 4.50. The summed E-state index contributed by atoms with van der Waals surface area (Å²) in [5, 5.41) is 10.1. The number of aryl methyl sites for hydroxylation is 1. The number of thiocarbonyl (C=S) groups is 1. The quantitative estimate of drug-likeness (QED) is 0.725. The molecule has 1 aliphatic rings. The van der Waals surface area contributed by atoms with E-state index in [2.05, 4.69) is 4.98 Å². The lowest BCUT2D eigenvalue weighted by Crippen LogP contribution is -2.59. The molecule has 1 aromatic carbocycles. The zero-order chi connectivity index (χ0) is 21.4. The highest BCUT2D eigenvalue weighted by Crippen LogP contribution is 2.53. The number of carboxylic acid groups (broad SMARTS) is 1. The fraction of sp³-hybridized carbons (Fsp3) is 0.476. The van der Waals surface area contributed by atoms with E-state index in [-0.39, 0.29) is 11.0 Å². The van der Waals surface area contributed by atoms with Crippen LogP contribution in [0.15, 0.2) is 36.9 Å². The van der Waals surface area contributed by atoms with Gasteiger partial charge in [0.2, 0.25) is 0 Å². The first-order valence-electron chi connectivity index (χ1n) is 9.53. The molecule has 1 amide bonds. The predicted octanol–water partition coefficient (Wildman–Crippen LogP) is 4.78. The van der Waals surface area contributed by atoms with Crippen molar-refractivity contribution in [3.63, 3.8) is 0 Å². The molecule has 1 aliphatic heterocycles. The maximum Gasteiger partial charge on any atom is 0.407 e. The van der Waals surface area contributed by atoms with Gasteiger partial charge in [-0.1, -0.05) is 32.9 Å². The van der Waals surface area contributed by atoms with Gasteiger partial charge in [0.05, 0.1) is 5.54 Å². The van der Waals surface area contributed by atoms with Gasteiger partial charge in [-0.25, -0.2) is 14.2 Å². The Morgan fingerprint density at radius 2 is 2.14 bits per heavy atom. The number of hydrogen-bond donors (Lipinski definition) is 1. The van der Waals surface area contributed by atoms with E-state index in [1.807, 2.05) is 20.8 Å². The van der Waals surface area contributed by atoms with E-state index in [4.69, 9.17) is 17.0 Å². The summed E-state index contributed by atoms with van der Waals surface area (Å²) in [6, 6.07) is 4.88. The van der Waals surface area contributed by atoms with E-state index in [1.165, 1.54) is 17.3 Å². The Labute approximate surface area is 175 Å². The lowest BCUT2D eigenvalue weighted by molar-refractivity contribution is -0.0606. The minimum Gasteiger partial charge on any atom is -0.465 e. The monoisotopic (exact) mass is 419 g/mol. The number of likely N-dealkylation sites (tertiary alicyclic amines) is 1. The molecular formula is C21H26FN3O3S. The van der Waals surface area contributed by atoms with Gasteiger partial charge in [0, 0.05) is 18.9 Å². The van der Waals surface area contributed by atoms with E-state index < -0.39 is 23.2 Å². The lowest BCUT2D eigenvalue weighted by atomic mass is 9.66. The smallest absolute Gasteiger partial charge is 0.407 e. The minimum absolute atomic E-state index is 0.134. The van der Waals surface area contributed by atoms with Crippen molar-refractivity contribution in [1.29, 1.82) is 0 Å². The second-order valence-corrected chi connectivity index (χ2v) is 8.80. The third-order valence-electron chi connectivity index (χ3n) is 5.82. The van der Waals surface area contributed by atoms with E-state index in [9.17, 15) is 14.3 Å². The van der Waals surface area contributed by atoms with Crippen molar-refractivity contribution in [2.45, 2.75) is 52.2 Å². The molecule has 156 valence electrons. The highest BCUT2D eigenvalue weighted by Gasteiger charge is 2.58. The third kappa shape index (κ3) is 3.73. The van der Waals surface area contributed by atoms with E-state index in [1.54, 1.807) is 36.0 Å². The highest BCUT2D eigenvalue weighted by molar-refractivity contribution is 7.80. The first-order valence-corrected chi connectivity index (χ1v) is 9.94. The van der Waals surface area contributed by atoms with Gasteiger partial charge in [0.15, 0.2) is 6.10 Å². The van der Waals surface area contributed by atoms with E-state index >= 15 is 0 Å². The van der Waals surface area contributed by atoms with Crippen LogP contribution in [0.4, 0.5) is 9.18 Å². The molecule has 0 radical (unpaired) electrons. The number of halogens is 1. The topological polar surface area (TPSA) is 67.6 Å². The average Bonchev–Trinajstić information content (AvgIpc) is 3.31. The normalized spacial score (nSPS) is 20.5. The van der Waals surface area contributed by atoms with Crippen LogP contribution in [-0.4, -0.2) is 42.9 Å². The summed E-state index contributed by atoms with van der Waals surface area (Å²) in [4.78, 5) is 17.6. The van der Waals surface area contributed by atoms with Crippen molar-refractivity contribution < 1.29 is 19.0 Å². The van der Waals surface area contributed by atoms with Crippen LogP contribution in [0, 0.1) is 18.2 Å². The Kier molecular flexibility index (Phi) is 5.67. The summed E-state index contributed by atoms with van der Waals surface area (Å²) in [5.41, 5.74) is -0.362. The largest absolute Gasteiger partial charge is 0.465 e. The van der Waals surface area contributed by atoms with Crippen molar-refractivity contribution in [3.8, 4) is 0 Å². The van der Waals surface area contributed by atoms with Crippen LogP contribution in [0.1, 0.15) is 50.8 Å². The molecule has 0 spiro atoms. The van der Waals surface area contributed by atoms with Gasteiger partial charge in [-0.05, 0) is 54.6 Å². The maximum absolute atomic E-state index is 14.5. The molecule has 0 aliphatic carbocycles. The number of nitrogens with zero attached hydrogens (tertiary/aromatic N) is 3. The van der Waals surface area contributed by atoms with Gasteiger partial charge in [0.25, 0.3) is 5.17 Å². The van der Waals surface area contributed by atoms with Gasteiger partial charge in [-0.2, -0.15) is 0 Å². The molecule has 0 bridgehead atoms. The van der Waals surface area contributed by atoms with Crippen molar-refractivity contribution >= 4 is 23.5 Å². The van der Waals surface area contributed by atoms with Gasteiger partial charge >= 0.3 is 6.09 Å². The molecule has 2 atom stereocenters. The van der Waals surface area contributed by atoms with Crippen molar-refractivity contribution in [3.05, 3.63) is 53.9 Å². The number of amides is 1. The van der Waals surface area contributed by atoms with E-state index in [0.717, 1.165) is 0 Å². The van der Waals surface area contributed by atoms with Gasteiger partial charge in [0.1, 0.15) is 12.1 Å². The molecule has 3 rings (SSSR count). The standard InChI is InChI=1S/C21H26FN3O3S/c1-14-6-7-15(12-16(14)22)17(28-19(29)24-11-9-23-13-24)21(20(2,3)4)8-5-10-25(21)18(26)27/h6-7,9,11-13,17H,5,8,10H2,1-4H3,(H,26,27)/t17?,21-/m1/s1. The zero-order valence-electron chi connectivity index (χ0n) is 17.1. The molecule has 2 heterocycles. The summed E-state index contributed by atoms with van der Waals surface area (Å²) in [6.07, 6.45) is 4.21. The Hall–Kier alpha value is -2.48. The van der Waals surface area contributed by atoms with Crippen LogP contribution in [0.2, 0.25) is 0 Å². The predicted molar refractivity (Wildman–Crippen MR) is 111 cm³/mol. The van der Waals surface area contributed by atoms with Gasteiger partial charge < -0.3 is 9.84 Å². The van der Waals surface area contributed by atoms with Crippen molar-refractivity contribution in [1.82, 2.24) is 14.5 Å². The van der Waals surface area contributed by atoms with Crippen LogP contribution in [-0.2, 0) is 4.74 Å². The highest BCUT2D eigenvalue weighted by atomic mass is 32.1. The van der Waals surface area contributed by atoms with Crippen LogP contribution in [0.3, 0.4) is 0 Å². The molecule has 6 nitrogen and oxygen atoms in total. The second kappa shape index (κ2) is 7.74. The number of ether oxygens (including phenoxy) is 1. The van der Waals surface area contributed by atoms with Gasteiger partial charge in [-0.3, -0.25) is 9.47 Å². The molecule has 1 aromatic heterocycles. The minimum atomic E-state index is -1.02. The summed E-state index contributed by atoms with van der Waals surface area (Å²) in [5.74, 6) is -0.367. The number of imidazole rings is 1. The Balaban J connectivity index is 2.17. The molecule has 1 saturated heterocycles. The number of benzene rings is 1. The van der Waals surface area contributed by atoms with Crippen LogP contribution in [0.5, 0.6) is 0 Å². The third-order valence-corrected chi connectivity index (χ3v) is 6.12.